The van der Waals surface area contributed by atoms with Gasteiger partial charge in [-0.1, -0.05) is 33.6 Å². The molecule has 0 unspecified atom stereocenters. The minimum absolute atomic E-state index is 0.421. The summed E-state index contributed by atoms with van der Waals surface area (Å²) in [6.45, 7) is 5.17. The molecule has 5 nitrogen and oxygen atoms in total. The molecule has 2 N–H and O–H groups in total. The molecule has 2 rings (SSSR count). The van der Waals surface area contributed by atoms with E-state index in [2.05, 4.69) is 26.0 Å². The van der Waals surface area contributed by atoms with Crippen molar-refractivity contribution in [1.82, 2.24) is 4.72 Å². The fourth-order valence-electron chi connectivity index (χ4n) is 2.48. The van der Waals surface area contributed by atoms with Crippen molar-refractivity contribution < 1.29 is 17.6 Å². The second kappa shape index (κ2) is 7.63. The Balaban J connectivity index is 2.11. The van der Waals surface area contributed by atoms with Crippen molar-refractivity contribution in [2.75, 3.05) is 11.9 Å². The number of rotatable bonds is 5. The number of sulfonamides is 1. The third kappa shape index (κ3) is 4.87. The van der Waals surface area contributed by atoms with Crippen LogP contribution in [0.15, 0.2) is 39.7 Å². The molecule has 2 aromatic rings. The summed E-state index contributed by atoms with van der Waals surface area (Å²) in [5, 5.41) is 2.69. The molecule has 0 radical (unpaired) electrons. The maximum Gasteiger partial charge on any atom is 0.243 e. The molecule has 134 valence electrons. The van der Waals surface area contributed by atoms with Crippen LogP contribution in [-0.2, 0) is 14.8 Å². The molecule has 0 atom stereocenters. The number of benzene rings is 2. The summed E-state index contributed by atoms with van der Waals surface area (Å²) in [6, 6.07) is 7.42. The Morgan fingerprint density at radius 2 is 1.72 bits per heavy atom. The highest BCUT2D eigenvalue weighted by Crippen LogP contribution is 2.22. The monoisotopic (exact) mass is 428 g/mol. The number of aryl methyl sites for hydroxylation is 3. The van der Waals surface area contributed by atoms with Crippen LogP contribution in [0.25, 0.3) is 0 Å². The fraction of sp³-hybridized carbons (Fsp3) is 0.235. The smallest absolute Gasteiger partial charge is 0.243 e. The highest BCUT2D eigenvalue weighted by molar-refractivity contribution is 9.10. The van der Waals surface area contributed by atoms with E-state index in [1.807, 2.05) is 32.9 Å². The molecule has 0 saturated carbocycles. The molecule has 0 aliphatic carbocycles. The third-order valence-corrected chi connectivity index (χ3v) is 5.46. The molecule has 0 heterocycles. The van der Waals surface area contributed by atoms with E-state index < -0.39 is 33.2 Å². The SMILES string of the molecule is Cc1cc(C)c(NC(=O)CNS(=O)(=O)c2cc(Br)ccc2F)c(C)c1. The predicted molar refractivity (Wildman–Crippen MR) is 98.6 cm³/mol. The van der Waals surface area contributed by atoms with E-state index in [-0.39, 0.29) is 0 Å². The molecule has 0 spiro atoms. The average Bonchev–Trinajstić information content (AvgIpc) is 2.51. The van der Waals surface area contributed by atoms with Crippen LogP contribution in [0.2, 0.25) is 0 Å². The van der Waals surface area contributed by atoms with E-state index in [1.165, 1.54) is 6.07 Å². The van der Waals surface area contributed by atoms with Crippen molar-refractivity contribution in [3.05, 3.63) is 57.3 Å². The standard InChI is InChI=1S/C17H18BrFN2O3S/c1-10-6-11(2)17(12(3)7-10)21-16(22)9-20-25(23,24)15-8-13(18)4-5-14(15)19/h4-8,20H,9H2,1-3H3,(H,21,22). The molecule has 1 amide bonds. The highest BCUT2D eigenvalue weighted by Gasteiger charge is 2.20. The van der Waals surface area contributed by atoms with E-state index in [4.69, 9.17) is 0 Å². The second-order valence-electron chi connectivity index (χ2n) is 5.72. The zero-order valence-corrected chi connectivity index (χ0v) is 16.4. The summed E-state index contributed by atoms with van der Waals surface area (Å²) in [6.07, 6.45) is 0. The van der Waals surface area contributed by atoms with Crippen LogP contribution >= 0.6 is 15.9 Å². The van der Waals surface area contributed by atoms with Gasteiger partial charge in [0.25, 0.3) is 0 Å². The second-order valence-corrected chi connectivity index (χ2v) is 8.37. The Labute approximate surface area is 154 Å². The lowest BCUT2D eigenvalue weighted by molar-refractivity contribution is -0.115. The summed E-state index contributed by atoms with van der Waals surface area (Å²) >= 11 is 3.10. The third-order valence-electron chi connectivity index (χ3n) is 3.55. The molecule has 0 bridgehead atoms. The zero-order valence-electron chi connectivity index (χ0n) is 14.0. The van der Waals surface area contributed by atoms with E-state index >= 15 is 0 Å². The van der Waals surface area contributed by atoms with Crippen molar-refractivity contribution in [2.45, 2.75) is 25.7 Å². The summed E-state index contributed by atoms with van der Waals surface area (Å²) < 4.78 is 40.7. The highest BCUT2D eigenvalue weighted by atomic mass is 79.9. The van der Waals surface area contributed by atoms with Crippen molar-refractivity contribution in [1.29, 1.82) is 0 Å². The molecule has 8 heteroatoms. The number of nitrogens with one attached hydrogen (secondary N) is 2. The van der Waals surface area contributed by atoms with Crippen LogP contribution in [0.4, 0.5) is 10.1 Å². The van der Waals surface area contributed by atoms with Crippen LogP contribution in [0.3, 0.4) is 0 Å². The summed E-state index contributed by atoms with van der Waals surface area (Å²) in [7, 11) is -4.14. The van der Waals surface area contributed by atoms with Crippen LogP contribution < -0.4 is 10.0 Å². The number of hydrogen-bond acceptors (Lipinski definition) is 3. The lowest BCUT2D eigenvalue weighted by Gasteiger charge is -2.13. The Morgan fingerprint density at radius 3 is 2.32 bits per heavy atom. The van der Waals surface area contributed by atoms with Gasteiger partial charge in [0.1, 0.15) is 10.7 Å². The molecule has 0 saturated heterocycles. The number of carbonyl (C=O) groups is 1. The average molecular weight is 429 g/mol. The van der Waals surface area contributed by atoms with Crippen molar-refractivity contribution >= 4 is 37.5 Å². The van der Waals surface area contributed by atoms with Crippen molar-refractivity contribution in [3.8, 4) is 0 Å². The number of halogens is 2. The first-order valence-corrected chi connectivity index (χ1v) is 9.70. The molecule has 2 aromatic carbocycles. The van der Waals surface area contributed by atoms with Gasteiger partial charge >= 0.3 is 0 Å². The Bertz CT molecular complexity index is 906. The number of amides is 1. The van der Waals surface area contributed by atoms with Crippen LogP contribution in [0, 0.1) is 26.6 Å². The summed E-state index contributed by atoms with van der Waals surface area (Å²) in [5.74, 6) is -1.42. The fourth-order valence-corrected chi connectivity index (χ4v) is 4.08. The lowest BCUT2D eigenvalue weighted by atomic mass is 10.1. The van der Waals surface area contributed by atoms with Crippen molar-refractivity contribution in [3.63, 3.8) is 0 Å². The first-order chi connectivity index (χ1) is 11.6. The van der Waals surface area contributed by atoms with E-state index in [1.54, 1.807) is 0 Å². The van der Waals surface area contributed by atoms with Gasteiger partial charge in [0.05, 0.1) is 6.54 Å². The molecule has 25 heavy (non-hydrogen) atoms. The van der Waals surface area contributed by atoms with Gasteiger partial charge < -0.3 is 5.32 Å². The minimum atomic E-state index is -4.14. The lowest BCUT2D eigenvalue weighted by Crippen LogP contribution is -2.33. The molecule has 0 aromatic heterocycles. The largest absolute Gasteiger partial charge is 0.324 e. The van der Waals surface area contributed by atoms with Gasteiger partial charge in [-0.2, -0.15) is 0 Å². The van der Waals surface area contributed by atoms with Crippen LogP contribution in [0.5, 0.6) is 0 Å². The number of carbonyl (C=O) groups excluding carboxylic acids is 1. The summed E-state index contributed by atoms with van der Waals surface area (Å²) in [4.78, 5) is 11.6. The van der Waals surface area contributed by atoms with Gasteiger partial charge in [-0.3, -0.25) is 4.79 Å². The van der Waals surface area contributed by atoms with Gasteiger partial charge in [-0.05, 0) is 50.1 Å². The van der Waals surface area contributed by atoms with Gasteiger partial charge in [-0.25, -0.2) is 17.5 Å². The first kappa shape index (κ1) is 19.6. The molecule has 0 aliphatic heterocycles. The molecule has 0 fully saturated rings. The topological polar surface area (TPSA) is 75.3 Å². The Hall–Kier alpha value is -1.77. The molecule has 0 aliphatic rings. The molecular weight excluding hydrogens is 411 g/mol. The van der Waals surface area contributed by atoms with Gasteiger partial charge in [0.2, 0.25) is 15.9 Å². The van der Waals surface area contributed by atoms with Gasteiger partial charge in [-0.15, -0.1) is 0 Å². The Morgan fingerprint density at radius 1 is 1.12 bits per heavy atom. The normalized spacial score (nSPS) is 11.4. The van der Waals surface area contributed by atoms with E-state index in [9.17, 15) is 17.6 Å². The minimum Gasteiger partial charge on any atom is -0.324 e. The van der Waals surface area contributed by atoms with Crippen molar-refractivity contribution in [2.24, 2.45) is 0 Å². The van der Waals surface area contributed by atoms with Gasteiger partial charge in [0, 0.05) is 10.2 Å². The predicted octanol–water partition coefficient (Wildman–Crippen LogP) is 3.43. The van der Waals surface area contributed by atoms with E-state index in [0.717, 1.165) is 28.8 Å². The zero-order chi connectivity index (χ0) is 18.8. The van der Waals surface area contributed by atoms with E-state index in [0.29, 0.717) is 10.2 Å². The maximum absolute atomic E-state index is 13.7. The van der Waals surface area contributed by atoms with Crippen LogP contribution in [0.1, 0.15) is 16.7 Å². The van der Waals surface area contributed by atoms with Crippen LogP contribution in [-0.4, -0.2) is 20.9 Å². The number of hydrogen-bond donors (Lipinski definition) is 2. The maximum atomic E-state index is 13.7. The van der Waals surface area contributed by atoms with Gasteiger partial charge in [0.15, 0.2) is 0 Å². The molecular formula is C17H18BrFN2O3S. The first-order valence-electron chi connectivity index (χ1n) is 7.42. The summed E-state index contributed by atoms with van der Waals surface area (Å²) in [5.41, 5.74) is 3.47. The quantitative estimate of drug-likeness (QED) is 0.765. The number of anilines is 1. The Kier molecular flexibility index (Phi) is 5.97.